The lowest BCUT2D eigenvalue weighted by Gasteiger charge is -2.28. The zero-order valence-electron chi connectivity index (χ0n) is 15.1. The standard InChI is InChI=1S/C19H32N2O/c1-15(2)11-16-7-9-17(10-8-16)12-18(22)20-13-19(3,4)14-21(5)6/h7-10,15H,11-14H2,1-6H3,(H,20,22). The molecule has 0 aliphatic rings. The van der Waals surface area contributed by atoms with Crippen LogP contribution in [0.4, 0.5) is 0 Å². The van der Waals surface area contributed by atoms with Gasteiger partial charge in [-0.2, -0.15) is 0 Å². The van der Waals surface area contributed by atoms with E-state index in [1.54, 1.807) is 0 Å². The van der Waals surface area contributed by atoms with E-state index in [0.29, 0.717) is 18.9 Å². The summed E-state index contributed by atoms with van der Waals surface area (Å²) in [5.41, 5.74) is 2.50. The highest BCUT2D eigenvalue weighted by atomic mass is 16.1. The Morgan fingerprint density at radius 3 is 2.18 bits per heavy atom. The minimum atomic E-state index is 0.0836. The third-order valence-electron chi connectivity index (χ3n) is 3.54. The molecule has 0 fully saturated rings. The molecule has 1 rings (SSSR count). The molecule has 1 aromatic carbocycles. The summed E-state index contributed by atoms with van der Waals surface area (Å²) in [6, 6.07) is 8.42. The van der Waals surface area contributed by atoms with Crippen LogP contribution in [0.25, 0.3) is 0 Å². The van der Waals surface area contributed by atoms with E-state index in [1.807, 2.05) is 0 Å². The van der Waals surface area contributed by atoms with Gasteiger partial charge in [0, 0.05) is 13.1 Å². The number of carbonyl (C=O) groups is 1. The predicted molar refractivity (Wildman–Crippen MR) is 94.0 cm³/mol. The molecule has 0 bridgehead atoms. The number of nitrogens with zero attached hydrogens (tertiary/aromatic N) is 1. The Bertz CT molecular complexity index is 461. The fourth-order valence-electron chi connectivity index (χ4n) is 2.76. The summed E-state index contributed by atoms with van der Waals surface area (Å²) >= 11 is 0. The first kappa shape index (κ1) is 18.7. The maximum Gasteiger partial charge on any atom is 0.224 e. The lowest BCUT2D eigenvalue weighted by Crippen LogP contribution is -2.40. The van der Waals surface area contributed by atoms with Crippen LogP contribution in [0.1, 0.15) is 38.8 Å². The van der Waals surface area contributed by atoms with Crippen molar-refractivity contribution in [3.05, 3.63) is 35.4 Å². The molecule has 0 aromatic heterocycles. The second kappa shape index (κ2) is 8.33. The van der Waals surface area contributed by atoms with Gasteiger partial charge in [0.05, 0.1) is 6.42 Å². The highest BCUT2D eigenvalue weighted by Crippen LogP contribution is 2.14. The van der Waals surface area contributed by atoms with E-state index in [2.05, 4.69) is 76.3 Å². The quantitative estimate of drug-likeness (QED) is 0.800. The Hall–Kier alpha value is -1.35. The number of carbonyl (C=O) groups excluding carboxylic acids is 1. The fourth-order valence-corrected chi connectivity index (χ4v) is 2.76. The van der Waals surface area contributed by atoms with Crippen molar-refractivity contribution in [3.8, 4) is 0 Å². The van der Waals surface area contributed by atoms with Crippen LogP contribution in [0.15, 0.2) is 24.3 Å². The lowest BCUT2D eigenvalue weighted by atomic mass is 9.93. The van der Waals surface area contributed by atoms with Gasteiger partial charge in [0.15, 0.2) is 0 Å². The minimum absolute atomic E-state index is 0.0836. The topological polar surface area (TPSA) is 32.3 Å². The molecule has 0 saturated heterocycles. The molecule has 124 valence electrons. The molecule has 0 radical (unpaired) electrons. The number of benzene rings is 1. The number of hydrogen-bond donors (Lipinski definition) is 1. The van der Waals surface area contributed by atoms with Gasteiger partial charge in [-0.05, 0) is 43.0 Å². The molecular formula is C19H32N2O. The molecule has 1 aromatic rings. The molecule has 0 heterocycles. The van der Waals surface area contributed by atoms with Crippen LogP contribution in [0.2, 0.25) is 0 Å². The Morgan fingerprint density at radius 1 is 1.14 bits per heavy atom. The summed E-state index contributed by atoms with van der Waals surface area (Å²) in [7, 11) is 4.12. The van der Waals surface area contributed by atoms with Gasteiger partial charge < -0.3 is 10.2 Å². The molecule has 3 heteroatoms. The van der Waals surface area contributed by atoms with Crippen LogP contribution in [-0.4, -0.2) is 38.0 Å². The molecule has 0 saturated carbocycles. The summed E-state index contributed by atoms with van der Waals surface area (Å²) in [5, 5.41) is 3.06. The highest BCUT2D eigenvalue weighted by molar-refractivity contribution is 5.78. The second-order valence-electron chi connectivity index (χ2n) is 7.77. The first-order chi connectivity index (χ1) is 10.2. The van der Waals surface area contributed by atoms with Crippen molar-refractivity contribution in [2.24, 2.45) is 11.3 Å². The molecule has 1 N–H and O–H groups in total. The first-order valence-corrected chi connectivity index (χ1v) is 8.17. The molecule has 0 aliphatic carbocycles. The molecule has 22 heavy (non-hydrogen) atoms. The van der Waals surface area contributed by atoms with E-state index in [-0.39, 0.29) is 11.3 Å². The monoisotopic (exact) mass is 304 g/mol. The largest absolute Gasteiger partial charge is 0.355 e. The van der Waals surface area contributed by atoms with Gasteiger partial charge in [-0.15, -0.1) is 0 Å². The van der Waals surface area contributed by atoms with E-state index in [4.69, 9.17) is 0 Å². The number of nitrogens with one attached hydrogen (secondary N) is 1. The summed E-state index contributed by atoms with van der Waals surface area (Å²) in [6.45, 7) is 10.4. The predicted octanol–water partition coefficient (Wildman–Crippen LogP) is 3.13. The number of rotatable bonds is 8. The van der Waals surface area contributed by atoms with E-state index in [1.165, 1.54) is 5.56 Å². The molecule has 1 amide bonds. The fraction of sp³-hybridized carbons (Fsp3) is 0.632. The molecule has 0 unspecified atom stereocenters. The van der Waals surface area contributed by atoms with Crippen molar-refractivity contribution in [3.63, 3.8) is 0 Å². The normalized spacial score (nSPS) is 12.0. The van der Waals surface area contributed by atoms with Gasteiger partial charge >= 0.3 is 0 Å². The van der Waals surface area contributed by atoms with E-state index < -0.39 is 0 Å². The molecule has 0 spiro atoms. The average molecular weight is 304 g/mol. The maximum atomic E-state index is 12.1. The molecule has 0 atom stereocenters. The van der Waals surface area contributed by atoms with Gasteiger partial charge in [-0.25, -0.2) is 0 Å². The van der Waals surface area contributed by atoms with Crippen molar-refractivity contribution < 1.29 is 4.79 Å². The van der Waals surface area contributed by atoms with Crippen LogP contribution in [0, 0.1) is 11.3 Å². The molecule has 0 aliphatic heterocycles. The minimum Gasteiger partial charge on any atom is -0.355 e. The Labute approximate surface area is 136 Å². The number of amides is 1. The zero-order valence-corrected chi connectivity index (χ0v) is 15.1. The summed E-state index contributed by atoms with van der Waals surface area (Å²) in [6.07, 6.45) is 1.55. The van der Waals surface area contributed by atoms with Crippen LogP contribution in [-0.2, 0) is 17.6 Å². The highest BCUT2D eigenvalue weighted by Gasteiger charge is 2.19. The van der Waals surface area contributed by atoms with Crippen molar-refractivity contribution in [2.75, 3.05) is 27.2 Å². The summed E-state index contributed by atoms with van der Waals surface area (Å²) in [5.74, 6) is 0.761. The smallest absolute Gasteiger partial charge is 0.224 e. The van der Waals surface area contributed by atoms with Crippen molar-refractivity contribution in [1.29, 1.82) is 0 Å². The second-order valence-corrected chi connectivity index (χ2v) is 7.77. The van der Waals surface area contributed by atoms with Crippen LogP contribution >= 0.6 is 0 Å². The molecule has 3 nitrogen and oxygen atoms in total. The third-order valence-corrected chi connectivity index (χ3v) is 3.54. The van der Waals surface area contributed by atoms with Gasteiger partial charge in [0.25, 0.3) is 0 Å². The molecular weight excluding hydrogens is 272 g/mol. The SMILES string of the molecule is CC(C)Cc1ccc(CC(=O)NCC(C)(C)CN(C)C)cc1. The van der Waals surface area contributed by atoms with Gasteiger partial charge in [-0.1, -0.05) is 52.0 Å². The first-order valence-electron chi connectivity index (χ1n) is 8.17. The average Bonchev–Trinajstić information content (AvgIpc) is 2.37. The van der Waals surface area contributed by atoms with Crippen LogP contribution in [0.5, 0.6) is 0 Å². The van der Waals surface area contributed by atoms with Crippen LogP contribution < -0.4 is 5.32 Å². The lowest BCUT2D eigenvalue weighted by molar-refractivity contribution is -0.120. The van der Waals surface area contributed by atoms with Crippen molar-refractivity contribution >= 4 is 5.91 Å². The van der Waals surface area contributed by atoms with Gasteiger partial charge in [0.1, 0.15) is 0 Å². The third kappa shape index (κ3) is 7.60. The van der Waals surface area contributed by atoms with E-state index in [0.717, 1.165) is 18.5 Å². The zero-order chi connectivity index (χ0) is 16.8. The van der Waals surface area contributed by atoms with E-state index >= 15 is 0 Å². The Morgan fingerprint density at radius 2 is 1.68 bits per heavy atom. The van der Waals surface area contributed by atoms with Gasteiger partial charge in [-0.3, -0.25) is 4.79 Å². The summed E-state index contributed by atoms with van der Waals surface area (Å²) in [4.78, 5) is 14.2. The Kier molecular flexibility index (Phi) is 7.08. The number of hydrogen-bond acceptors (Lipinski definition) is 2. The maximum absolute atomic E-state index is 12.1. The summed E-state index contributed by atoms with van der Waals surface area (Å²) < 4.78 is 0. The van der Waals surface area contributed by atoms with E-state index in [9.17, 15) is 4.79 Å². The van der Waals surface area contributed by atoms with Crippen LogP contribution in [0.3, 0.4) is 0 Å². The van der Waals surface area contributed by atoms with Gasteiger partial charge in [0.2, 0.25) is 5.91 Å². The van der Waals surface area contributed by atoms with Crippen molar-refractivity contribution in [1.82, 2.24) is 10.2 Å². The van der Waals surface area contributed by atoms with Crippen molar-refractivity contribution in [2.45, 2.75) is 40.5 Å². The Balaban J connectivity index is 2.45.